The van der Waals surface area contributed by atoms with E-state index >= 15 is 0 Å². The average molecular weight is 415 g/mol. The number of hydrogen-bond acceptors (Lipinski definition) is 3. The number of sulfonamides is 1. The van der Waals surface area contributed by atoms with Crippen molar-refractivity contribution in [1.29, 1.82) is 0 Å². The van der Waals surface area contributed by atoms with Crippen molar-refractivity contribution >= 4 is 33.2 Å². The summed E-state index contributed by atoms with van der Waals surface area (Å²) < 4.78 is 27.9. The van der Waals surface area contributed by atoms with Crippen LogP contribution >= 0.6 is 11.6 Å². The highest BCUT2D eigenvalue weighted by Gasteiger charge is 2.17. The van der Waals surface area contributed by atoms with Gasteiger partial charge in [-0.25, -0.2) is 8.42 Å². The zero-order chi connectivity index (χ0) is 20.1. The molecule has 0 heterocycles. The molecule has 2 N–H and O–H groups in total. The maximum absolute atomic E-state index is 12.7. The predicted octanol–water partition coefficient (Wildman–Crippen LogP) is 4.38. The van der Waals surface area contributed by atoms with Crippen LogP contribution in [0.25, 0.3) is 0 Å². The lowest BCUT2D eigenvalue weighted by atomic mass is 10.2. The molecule has 0 aromatic heterocycles. The fourth-order valence-corrected chi connectivity index (χ4v) is 4.02. The number of halogens is 1. The second kappa shape index (κ2) is 8.46. The summed E-state index contributed by atoms with van der Waals surface area (Å²) in [5, 5.41) is 3.35. The van der Waals surface area contributed by atoms with Gasteiger partial charge in [-0.05, 0) is 54.4 Å². The first-order valence-electron chi connectivity index (χ1n) is 8.56. The van der Waals surface area contributed by atoms with Crippen LogP contribution in [0.2, 0.25) is 5.02 Å². The second-order valence-electron chi connectivity index (χ2n) is 6.26. The standard InChI is InChI=1S/C21H19ClN2O3S/c1-15-6-2-3-11-20(15)24-28(26,27)19-10-5-8-17(13-19)21(25)23-14-16-7-4-9-18(22)12-16/h2-13,24H,14H2,1H3,(H,23,25). The fourth-order valence-electron chi connectivity index (χ4n) is 2.63. The smallest absolute Gasteiger partial charge is 0.261 e. The van der Waals surface area contributed by atoms with E-state index in [1.54, 1.807) is 42.5 Å². The number of benzene rings is 3. The van der Waals surface area contributed by atoms with Crippen molar-refractivity contribution in [3.8, 4) is 0 Å². The maximum atomic E-state index is 12.7. The third-order valence-corrected chi connectivity index (χ3v) is 5.74. The Morgan fingerprint density at radius 2 is 1.71 bits per heavy atom. The number of amides is 1. The number of carbonyl (C=O) groups is 1. The summed E-state index contributed by atoms with van der Waals surface area (Å²) in [4.78, 5) is 12.5. The van der Waals surface area contributed by atoms with Crippen molar-refractivity contribution < 1.29 is 13.2 Å². The van der Waals surface area contributed by atoms with Gasteiger partial charge in [-0.3, -0.25) is 9.52 Å². The van der Waals surface area contributed by atoms with Crippen LogP contribution in [0.5, 0.6) is 0 Å². The highest BCUT2D eigenvalue weighted by Crippen LogP contribution is 2.20. The first-order valence-corrected chi connectivity index (χ1v) is 10.4. The number of aryl methyl sites for hydroxylation is 1. The number of hydrogen-bond donors (Lipinski definition) is 2. The molecule has 0 spiro atoms. The molecule has 0 aliphatic rings. The van der Waals surface area contributed by atoms with Gasteiger partial charge in [0, 0.05) is 17.1 Å². The molecule has 0 bridgehead atoms. The van der Waals surface area contributed by atoms with Gasteiger partial charge in [0.25, 0.3) is 15.9 Å². The van der Waals surface area contributed by atoms with Gasteiger partial charge in [0.1, 0.15) is 0 Å². The van der Waals surface area contributed by atoms with Crippen molar-refractivity contribution in [3.63, 3.8) is 0 Å². The molecule has 7 heteroatoms. The summed E-state index contributed by atoms with van der Waals surface area (Å²) in [6.07, 6.45) is 0. The third kappa shape index (κ3) is 4.91. The summed E-state index contributed by atoms with van der Waals surface area (Å²) in [5.41, 5.74) is 2.42. The van der Waals surface area contributed by atoms with Crippen LogP contribution in [-0.4, -0.2) is 14.3 Å². The molecule has 0 radical (unpaired) electrons. The largest absolute Gasteiger partial charge is 0.348 e. The molecule has 28 heavy (non-hydrogen) atoms. The molecule has 0 aliphatic heterocycles. The van der Waals surface area contributed by atoms with Crippen molar-refractivity contribution in [2.45, 2.75) is 18.4 Å². The molecule has 0 saturated carbocycles. The number of nitrogens with one attached hydrogen (secondary N) is 2. The van der Waals surface area contributed by atoms with E-state index in [0.717, 1.165) is 11.1 Å². The molecule has 0 fully saturated rings. The lowest BCUT2D eigenvalue weighted by molar-refractivity contribution is 0.0950. The Hall–Kier alpha value is -2.83. The van der Waals surface area contributed by atoms with E-state index in [4.69, 9.17) is 11.6 Å². The summed E-state index contributed by atoms with van der Waals surface area (Å²) in [7, 11) is -3.81. The fraction of sp³-hybridized carbons (Fsp3) is 0.0952. The van der Waals surface area contributed by atoms with E-state index in [1.165, 1.54) is 12.1 Å². The van der Waals surface area contributed by atoms with Gasteiger partial charge in [0.05, 0.1) is 10.6 Å². The predicted molar refractivity (Wildman–Crippen MR) is 111 cm³/mol. The minimum atomic E-state index is -3.81. The Bertz CT molecular complexity index is 1110. The number of carbonyl (C=O) groups excluding carboxylic acids is 1. The van der Waals surface area contributed by atoms with Gasteiger partial charge in [-0.15, -0.1) is 0 Å². The van der Waals surface area contributed by atoms with Crippen molar-refractivity contribution in [2.24, 2.45) is 0 Å². The summed E-state index contributed by atoms with van der Waals surface area (Å²) >= 11 is 5.94. The number of para-hydroxylation sites is 1. The zero-order valence-electron chi connectivity index (χ0n) is 15.1. The first kappa shape index (κ1) is 19.9. The van der Waals surface area contributed by atoms with E-state index in [9.17, 15) is 13.2 Å². The molecular weight excluding hydrogens is 396 g/mol. The van der Waals surface area contributed by atoms with E-state index in [0.29, 0.717) is 10.7 Å². The molecule has 1 amide bonds. The van der Waals surface area contributed by atoms with Crippen LogP contribution in [0.4, 0.5) is 5.69 Å². The monoisotopic (exact) mass is 414 g/mol. The zero-order valence-corrected chi connectivity index (χ0v) is 16.7. The lowest BCUT2D eigenvalue weighted by Crippen LogP contribution is -2.23. The number of rotatable bonds is 6. The molecule has 144 valence electrons. The highest BCUT2D eigenvalue weighted by atomic mass is 35.5. The number of anilines is 1. The molecular formula is C21H19ClN2O3S. The quantitative estimate of drug-likeness (QED) is 0.628. The van der Waals surface area contributed by atoms with Gasteiger partial charge < -0.3 is 5.32 Å². The Morgan fingerprint density at radius 1 is 0.964 bits per heavy atom. The highest BCUT2D eigenvalue weighted by molar-refractivity contribution is 7.92. The minimum absolute atomic E-state index is 0.0196. The van der Waals surface area contributed by atoms with Crippen LogP contribution in [0.15, 0.2) is 77.7 Å². The summed E-state index contributed by atoms with van der Waals surface area (Å²) in [5.74, 6) is -0.368. The van der Waals surface area contributed by atoms with Crippen LogP contribution in [-0.2, 0) is 16.6 Å². The Kier molecular flexibility index (Phi) is 6.02. The molecule has 0 aliphatic carbocycles. The molecule has 0 saturated heterocycles. The topological polar surface area (TPSA) is 75.3 Å². The van der Waals surface area contributed by atoms with E-state index in [1.807, 2.05) is 25.1 Å². The lowest BCUT2D eigenvalue weighted by Gasteiger charge is -2.11. The van der Waals surface area contributed by atoms with Gasteiger partial charge in [0.15, 0.2) is 0 Å². The summed E-state index contributed by atoms with van der Waals surface area (Å²) in [6, 6.07) is 20.2. The van der Waals surface area contributed by atoms with Gasteiger partial charge in [-0.1, -0.05) is 48.0 Å². The minimum Gasteiger partial charge on any atom is -0.348 e. The van der Waals surface area contributed by atoms with Crippen LogP contribution in [0.3, 0.4) is 0 Å². The van der Waals surface area contributed by atoms with E-state index in [2.05, 4.69) is 10.0 Å². The molecule has 3 aromatic rings. The second-order valence-corrected chi connectivity index (χ2v) is 8.38. The van der Waals surface area contributed by atoms with Crippen LogP contribution in [0, 0.1) is 6.92 Å². The van der Waals surface area contributed by atoms with Crippen molar-refractivity contribution in [2.75, 3.05) is 4.72 Å². The Labute approximate surface area is 169 Å². The Balaban J connectivity index is 1.75. The van der Waals surface area contributed by atoms with E-state index in [-0.39, 0.29) is 22.9 Å². The van der Waals surface area contributed by atoms with Gasteiger partial charge in [-0.2, -0.15) is 0 Å². The average Bonchev–Trinajstić information content (AvgIpc) is 2.68. The first-order chi connectivity index (χ1) is 13.3. The molecule has 3 rings (SSSR count). The maximum Gasteiger partial charge on any atom is 0.261 e. The van der Waals surface area contributed by atoms with Crippen LogP contribution < -0.4 is 10.0 Å². The SMILES string of the molecule is Cc1ccccc1NS(=O)(=O)c1cccc(C(=O)NCc2cccc(Cl)c2)c1. The molecule has 3 aromatic carbocycles. The van der Waals surface area contributed by atoms with Crippen molar-refractivity contribution in [3.05, 3.63) is 94.5 Å². The van der Waals surface area contributed by atoms with Crippen molar-refractivity contribution in [1.82, 2.24) is 5.32 Å². The molecule has 5 nitrogen and oxygen atoms in total. The Morgan fingerprint density at radius 3 is 2.46 bits per heavy atom. The van der Waals surface area contributed by atoms with Gasteiger partial charge >= 0.3 is 0 Å². The normalized spacial score (nSPS) is 11.1. The van der Waals surface area contributed by atoms with Crippen LogP contribution in [0.1, 0.15) is 21.5 Å². The van der Waals surface area contributed by atoms with Gasteiger partial charge in [0.2, 0.25) is 0 Å². The molecule has 0 atom stereocenters. The molecule has 0 unspecified atom stereocenters. The third-order valence-electron chi connectivity index (χ3n) is 4.14. The summed E-state index contributed by atoms with van der Waals surface area (Å²) in [6.45, 7) is 2.11. The van der Waals surface area contributed by atoms with E-state index < -0.39 is 10.0 Å².